The van der Waals surface area contributed by atoms with Gasteiger partial charge in [0.1, 0.15) is 0 Å². The highest BCUT2D eigenvalue weighted by Crippen LogP contribution is 2.23. The van der Waals surface area contributed by atoms with Gasteiger partial charge in [-0.2, -0.15) is 0 Å². The van der Waals surface area contributed by atoms with Gasteiger partial charge in [-0.05, 0) is 18.1 Å². The average molecular weight is 246 g/mol. The summed E-state index contributed by atoms with van der Waals surface area (Å²) in [6.07, 6.45) is 3.77. The second-order valence-corrected chi connectivity index (χ2v) is 4.48. The third-order valence-electron chi connectivity index (χ3n) is 3.14. The van der Waals surface area contributed by atoms with E-state index in [4.69, 9.17) is 0 Å². The Balaban J connectivity index is 1.98. The van der Waals surface area contributed by atoms with Gasteiger partial charge in [0.25, 0.3) is 0 Å². The summed E-state index contributed by atoms with van der Waals surface area (Å²) >= 11 is 0. The van der Waals surface area contributed by atoms with Crippen LogP contribution in [0.1, 0.15) is 5.56 Å². The lowest BCUT2D eigenvalue weighted by molar-refractivity contribution is 1.18. The van der Waals surface area contributed by atoms with Crippen molar-refractivity contribution in [2.24, 2.45) is 0 Å². The molecule has 3 rings (SSSR count). The van der Waals surface area contributed by atoms with Crippen LogP contribution in [-0.4, -0.2) is 9.97 Å². The van der Waals surface area contributed by atoms with Gasteiger partial charge in [0.15, 0.2) is 5.82 Å². The molecule has 1 aromatic heterocycles. The van der Waals surface area contributed by atoms with E-state index >= 15 is 0 Å². The molecule has 0 saturated heterocycles. The Morgan fingerprint density at radius 2 is 1.32 bits per heavy atom. The molecule has 0 aliphatic carbocycles. The first-order valence-corrected chi connectivity index (χ1v) is 6.28. The smallest absolute Gasteiger partial charge is 0.159 e. The fraction of sp³-hybridized carbons (Fsp3) is 0.0588. The Morgan fingerprint density at radius 1 is 0.684 bits per heavy atom. The molecule has 0 aliphatic heterocycles. The van der Waals surface area contributed by atoms with Crippen LogP contribution < -0.4 is 0 Å². The Hall–Kier alpha value is -2.48. The van der Waals surface area contributed by atoms with Crippen LogP contribution in [0.15, 0.2) is 67.0 Å². The second kappa shape index (κ2) is 5.02. The molecular weight excluding hydrogens is 232 g/mol. The zero-order chi connectivity index (χ0) is 13.1. The summed E-state index contributed by atoms with van der Waals surface area (Å²) in [5, 5.41) is 0. The van der Waals surface area contributed by atoms with E-state index in [1.54, 1.807) is 0 Å². The van der Waals surface area contributed by atoms with E-state index in [0.29, 0.717) is 0 Å². The molecule has 0 saturated carbocycles. The largest absolute Gasteiger partial charge is 0.236 e. The molecular formula is C17H14N2. The summed E-state index contributed by atoms with van der Waals surface area (Å²) in [7, 11) is 0. The quantitative estimate of drug-likeness (QED) is 0.679. The third kappa shape index (κ3) is 2.38. The van der Waals surface area contributed by atoms with Crippen molar-refractivity contribution in [1.82, 2.24) is 9.97 Å². The molecule has 3 aromatic rings. The molecule has 2 nitrogen and oxygen atoms in total. The highest BCUT2D eigenvalue weighted by atomic mass is 14.9. The highest BCUT2D eigenvalue weighted by Gasteiger charge is 2.04. The lowest BCUT2D eigenvalue weighted by Gasteiger charge is -2.05. The molecule has 0 radical (unpaired) electrons. The number of hydrogen-bond acceptors (Lipinski definition) is 2. The molecule has 0 atom stereocenters. The van der Waals surface area contributed by atoms with Crippen LogP contribution in [0.3, 0.4) is 0 Å². The van der Waals surface area contributed by atoms with Crippen LogP contribution in [0.5, 0.6) is 0 Å². The SMILES string of the molecule is Cc1ccccc1-c1cnc(-c2ccccc2)nc1. The Morgan fingerprint density at radius 3 is 2.00 bits per heavy atom. The topological polar surface area (TPSA) is 25.8 Å². The van der Waals surface area contributed by atoms with E-state index in [9.17, 15) is 0 Å². The number of aryl methyl sites for hydroxylation is 1. The molecule has 2 heteroatoms. The normalized spacial score (nSPS) is 10.4. The van der Waals surface area contributed by atoms with Crippen molar-refractivity contribution >= 4 is 0 Å². The van der Waals surface area contributed by atoms with Crippen LogP contribution in [-0.2, 0) is 0 Å². The van der Waals surface area contributed by atoms with E-state index in [2.05, 4.69) is 29.0 Å². The first-order valence-electron chi connectivity index (χ1n) is 6.28. The fourth-order valence-corrected chi connectivity index (χ4v) is 2.10. The molecule has 0 spiro atoms. The van der Waals surface area contributed by atoms with Crippen LogP contribution in [0.2, 0.25) is 0 Å². The van der Waals surface area contributed by atoms with Gasteiger partial charge in [0.05, 0.1) is 0 Å². The monoisotopic (exact) mass is 246 g/mol. The summed E-state index contributed by atoms with van der Waals surface area (Å²) in [5.74, 6) is 0.762. The zero-order valence-electron chi connectivity index (χ0n) is 10.7. The number of nitrogens with zero attached hydrogens (tertiary/aromatic N) is 2. The summed E-state index contributed by atoms with van der Waals surface area (Å²) in [5.41, 5.74) is 4.51. The van der Waals surface area contributed by atoms with Crippen LogP contribution in [0.4, 0.5) is 0 Å². The minimum absolute atomic E-state index is 0.762. The first kappa shape index (κ1) is 11.6. The maximum absolute atomic E-state index is 4.46. The van der Waals surface area contributed by atoms with Crippen molar-refractivity contribution < 1.29 is 0 Å². The Kier molecular flexibility index (Phi) is 3.07. The number of hydrogen-bond donors (Lipinski definition) is 0. The van der Waals surface area contributed by atoms with Crippen molar-refractivity contribution in [1.29, 1.82) is 0 Å². The Bertz CT molecular complexity index is 673. The Labute approximate surface area is 112 Å². The summed E-state index contributed by atoms with van der Waals surface area (Å²) < 4.78 is 0. The lowest BCUT2D eigenvalue weighted by Crippen LogP contribution is -1.90. The predicted octanol–water partition coefficient (Wildman–Crippen LogP) is 4.12. The van der Waals surface area contributed by atoms with E-state index in [1.165, 1.54) is 11.1 Å². The van der Waals surface area contributed by atoms with Gasteiger partial charge in [0.2, 0.25) is 0 Å². The minimum Gasteiger partial charge on any atom is -0.236 e. The molecule has 0 fully saturated rings. The van der Waals surface area contributed by atoms with Gasteiger partial charge in [-0.3, -0.25) is 0 Å². The van der Waals surface area contributed by atoms with E-state index < -0.39 is 0 Å². The van der Waals surface area contributed by atoms with Crippen LogP contribution in [0.25, 0.3) is 22.5 Å². The molecule has 92 valence electrons. The molecule has 2 aromatic carbocycles. The molecule has 0 N–H and O–H groups in total. The van der Waals surface area contributed by atoms with Crippen molar-refractivity contribution in [2.75, 3.05) is 0 Å². The van der Waals surface area contributed by atoms with E-state index in [0.717, 1.165) is 17.0 Å². The van der Waals surface area contributed by atoms with Crippen molar-refractivity contribution in [3.05, 3.63) is 72.6 Å². The first-order chi connectivity index (χ1) is 9.34. The molecule has 0 bridgehead atoms. The number of aromatic nitrogens is 2. The van der Waals surface area contributed by atoms with Gasteiger partial charge in [-0.25, -0.2) is 9.97 Å². The summed E-state index contributed by atoms with van der Waals surface area (Å²) in [4.78, 5) is 8.91. The van der Waals surface area contributed by atoms with Crippen molar-refractivity contribution in [3.8, 4) is 22.5 Å². The maximum Gasteiger partial charge on any atom is 0.159 e. The molecule has 19 heavy (non-hydrogen) atoms. The maximum atomic E-state index is 4.46. The number of benzene rings is 2. The van der Waals surface area contributed by atoms with Crippen LogP contribution >= 0.6 is 0 Å². The number of rotatable bonds is 2. The van der Waals surface area contributed by atoms with Gasteiger partial charge in [-0.15, -0.1) is 0 Å². The third-order valence-corrected chi connectivity index (χ3v) is 3.14. The fourth-order valence-electron chi connectivity index (χ4n) is 2.10. The van der Waals surface area contributed by atoms with Crippen LogP contribution in [0, 0.1) is 6.92 Å². The summed E-state index contributed by atoms with van der Waals surface area (Å²) in [6, 6.07) is 18.3. The second-order valence-electron chi connectivity index (χ2n) is 4.48. The van der Waals surface area contributed by atoms with E-state index in [1.807, 2.05) is 54.9 Å². The van der Waals surface area contributed by atoms with Gasteiger partial charge >= 0.3 is 0 Å². The molecule has 0 aliphatic rings. The summed E-state index contributed by atoms with van der Waals surface area (Å²) in [6.45, 7) is 2.10. The van der Waals surface area contributed by atoms with Gasteiger partial charge in [0, 0.05) is 23.5 Å². The lowest BCUT2D eigenvalue weighted by atomic mass is 10.0. The standard InChI is InChI=1S/C17H14N2/c1-13-7-5-6-10-16(13)15-11-18-17(19-12-15)14-8-3-2-4-9-14/h2-12H,1H3. The molecule has 0 amide bonds. The van der Waals surface area contributed by atoms with Gasteiger partial charge in [-0.1, -0.05) is 54.6 Å². The highest BCUT2D eigenvalue weighted by molar-refractivity contribution is 5.66. The molecule has 1 heterocycles. The van der Waals surface area contributed by atoms with Gasteiger partial charge < -0.3 is 0 Å². The van der Waals surface area contributed by atoms with Crippen molar-refractivity contribution in [3.63, 3.8) is 0 Å². The zero-order valence-corrected chi connectivity index (χ0v) is 10.7. The average Bonchev–Trinajstić information content (AvgIpc) is 2.49. The molecule has 0 unspecified atom stereocenters. The minimum atomic E-state index is 0.762. The predicted molar refractivity (Wildman–Crippen MR) is 77.6 cm³/mol. The van der Waals surface area contributed by atoms with E-state index in [-0.39, 0.29) is 0 Å². The van der Waals surface area contributed by atoms with Crippen molar-refractivity contribution in [2.45, 2.75) is 6.92 Å².